The van der Waals surface area contributed by atoms with E-state index in [0.29, 0.717) is 24.2 Å². The number of rotatable bonds is 16. The van der Waals surface area contributed by atoms with E-state index in [2.05, 4.69) is 52.8 Å². The number of benzene rings is 1. The molecule has 24 heteroatoms. The second-order valence-electron chi connectivity index (χ2n) is 18.1. The van der Waals surface area contributed by atoms with Crippen LogP contribution in [-0.2, 0) is 54.4 Å². The maximum absolute atomic E-state index is 14.5. The summed E-state index contributed by atoms with van der Waals surface area (Å²) in [6.07, 6.45) is 1.73. The number of hydrogen-bond acceptors (Lipinski definition) is 13. The SMILES string of the molecule is CSCC[C@@H]1NC(=O)[C@H](CCCCN)NC(=O)[C@H](Cc2c[nH]c3ccccc23)NC(=O)[C@H](CC(C)C)NC(=O)CNC(=O)CNC(=O)[C@H](CC(C)C)NC(=O)[C@H](CC(=O)O)NC(=O)[C@H]([C@@H](C)O)NC1=O. The molecule has 3 rings (SSSR count). The lowest BCUT2D eigenvalue weighted by Gasteiger charge is -2.28. The molecule has 0 aliphatic carbocycles. The van der Waals surface area contributed by atoms with Crippen molar-refractivity contribution in [1.82, 2.24) is 52.8 Å². The van der Waals surface area contributed by atoms with Crippen LogP contribution < -0.4 is 53.6 Å². The van der Waals surface area contributed by atoms with E-state index in [4.69, 9.17) is 5.73 Å². The van der Waals surface area contributed by atoms with Crippen LogP contribution in [0.2, 0.25) is 0 Å². The molecule has 1 aromatic carbocycles. The van der Waals surface area contributed by atoms with E-state index in [-0.39, 0.29) is 50.5 Å². The second kappa shape index (κ2) is 29.0. The number of thioether (sulfide) groups is 1. The summed E-state index contributed by atoms with van der Waals surface area (Å²) in [5.74, 6) is -9.57. The number of carboxylic acids is 1. The lowest BCUT2D eigenvalue weighted by molar-refractivity contribution is -0.142. The number of amides is 9. The Morgan fingerprint density at radius 1 is 0.643 bits per heavy atom. The van der Waals surface area contributed by atoms with Gasteiger partial charge in [-0.05, 0) is 87.5 Å². The summed E-state index contributed by atoms with van der Waals surface area (Å²) in [5.41, 5.74) is 7.18. The molecule has 0 saturated carbocycles. The van der Waals surface area contributed by atoms with Crippen LogP contribution in [0.15, 0.2) is 30.5 Å². The Morgan fingerprint density at radius 3 is 1.79 bits per heavy atom. The van der Waals surface area contributed by atoms with Crippen molar-refractivity contribution in [2.24, 2.45) is 17.6 Å². The summed E-state index contributed by atoms with van der Waals surface area (Å²) in [6, 6.07) is -2.88. The Balaban J connectivity index is 2.13. The quantitative estimate of drug-likeness (QED) is 0.0825. The highest BCUT2D eigenvalue weighted by molar-refractivity contribution is 7.98. The number of aliphatic hydroxyl groups is 1. The molecule has 1 saturated heterocycles. The smallest absolute Gasteiger partial charge is 0.305 e. The Morgan fingerprint density at radius 2 is 1.17 bits per heavy atom. The van der Waals surface area contributed by atoms with Crippen LogP contribution in [0.1, 0.15) is 85.1 Å². The summed E-state index contributed by atoms with van der Waals surface area (Å²) < 4.78 is 0. The Hall–Kier alpha value is -6.27. The number of carbonyl (C=O) groups excluding carboxylic acids is 9. The van der Waals surface area contributed by atoms with Crippen LogP contribution in [0.4, 0.5) is 0 Å². The molecule has 23 nitrogen and oxygen atoms in total. The zero-order valence-corrected chi connectivity index (χ0v) is 41.4. The van der Waals surface area contributed by atoms with Crippen LogP contribution in [0.3, 0.4) is 0 Å². The van der Waals surface area contributed by atoms with E-state index in [0.717, 1.165) is 17.8 Å². The average molecular weight is 1000 g/mol. The van der Waals surface area contributed by atoms with Crippen molar-refractivity contribution >= 4 is 81.8 Å². The Bertz CT molecular complexity index is 2150. The first-order chi connectivity index (χ1) is 33.1. The van der Waals surface area contributed by atoms with Crippen LogP contribution in [0, 0.1) is 11.8 Å². The topological polar surface area (TPSA) is 361 Å². The highest BCUT2D eigenvalue weighted by Crippen LogP contribution is 2.20. The fourth-order valence-corrected chi connectivity index (χ4v) is 8.04. The molecule has 2 heterocycles. The van der Waals surface area contributed by atoms with Crippen LogP contribution >= 0.6 is 11.8 Å². The number of aliphatic hydroxyl groups excluding tert-OH is 1. The molecular formula is C46H71N11O12S. The van der Waals surface area contributed by atoms with E-state index < -0.39 is 127 Å². The molecule has 1 aliphatic rings. The minimum Gasteiger partial charge on any atom is -0.481 e. The number of nitrogens with one attached hydrogen (secondary N) is 10. The van der Waals surface area contributed by atoms with Gasteiger partial charge in [-0.3, -0.25) is 47.9 Å². The maximum atomic E-state index is 14.5. The molecule has 0 spiro atoms. The number of aliphatic carboxylic acids is 1. The molecule has 9 amide bonds. The van der Waals surface area contributed by atoms with Crippen LogP contribution in [-0.4, -0.2) is 154 Å². The first kappa shape index (κ1) is 58.0. The van der Waals surface area contributed by atoms with Crippen molar-refractivity contribution in [3.8, 4) is 0 Å². The van der Waals surface area contributed by atoms with Crippen LogP contribution in [0.25, 0.3) is 10.9 Å². The lowest BCUT2D eigenvalue weighted by atomic mass is 10.00. The van der Waals surface area contributed by atoms with Gasteiger partial charge in [0.2, 0.25) is 53.2 Å². The molecule has 0 radical (unpaired) electrons. The fraction of sp³-hybridized carbons (Fsp3) is 0.609. The minimum absolute atomic E-state index is 0.00177. The Labute approximate surface area is 411 Å². The first-order valence-corrected chi connectivity index (χ1v) is 24.8. The van der Waals surface area contributed by atoms with Crippen molar-refractivity contribution in [1.29, 1.82) is 0 Å². The van der Waals surface area contributed by atoms with Gasteiger partial charge in [-0.25, -0.2) is 0 Å². The van der Waals surface area contributed by atoms with Gasteiger partial charge in [0.25, 0.3) is 0 Å². The van der Waals surface area contributed by atoms with Gasteiger partial charge >= 0.3 is 5.97 Å². The van der Waals surface area contributed by atoms with Crippen molar-refractivity contribution in [2.75, 3.05) is 31.6 Å². The molecule has 0 bridgehead atoms. The van der Waals surface area contributed by atoms with E-state index in [9.17, 15) is 58.2 Å². The van der Waals surface area contributed by atoms with Gasteiger partial charge < -0.3 is 68.8 Å². The summed E-state index contributed by atoms with van der Waals surface area (Å²) in [7, 11) is 0. The van der Waals surface area contributed by atoms with Gasteiger partial charge in [0, 0.05) is 23.5 Å². The number of para-hydroxylation sites is 1. The van der Waals surface area contributed by atoms with E-state index in [1.807, 2.05) is 32.0 Å². The zero-order chi connectivity index (χ0) is 52.1. The summed E-state index contributed by atoms with van der Waals surface area (Å²) in [6.45, 7) is 7.24. The molecule has 2 aromatic rings. The molecule has 0 unspecified atom stereocenters. The van der Waals surface area contributed by atoms with Crippen molar-refractivity contribution < 1.29 is 58.2 Å². The number of aromatic amines is 1. The summed E-state index contributed by atoms with van der Waals surface area (Å²) >= 11 is 1.34. The predicted molar refractivity (Wildman–Crippen MR) is 260 cm³/mol. The summed E-state index contributed by atoms with van der Waals surface area (Å²) in [4.78, 5) is 139. The summed E-state index contributed by atoms with van der Waals surface area (Å²) in [5, 5.41) is 43.8. The normalized spacial score (nSPS) is 24.0. The second-order valence-corrected chi connectivity index (χ2v) is 19.1. The molecule has 70 heavy (non-hydrogen) atoms. The molecule has 388 valence electrons. The fourth-order valence-electron chi connectivity index (χ4n) is 7.57. The number of carbonyl (C=O) groups is 10. The van der Waals surface area contributed by atoms with E-state index >= 15 is 0 Å². The number of aromatic nitrogens is 1. The number of H-pyrrole nitrogens is 1. The first-order valence-electron chi connectivity index (χ1n) is 23.4. The maximum Gasteiger partial charge on any atom is 0.305 e. The highest BCUT2D eigenvalue weighted by Gasteiger charge is 2.36. The third-order valence-electron chi connectivity index (χ3n) is 11.2. The standard InChI is InChI=1S/C46H71N11O12S/c1-24(2)17-32-40(63)50-22-36(59)49-23-37(60)51-33(18-25(3)4)43(66)55-34(19-27-21-48-29-12-8-7-11-28(27)29)44(67)52-30(13-9-10-15-47)41(64)53-31(14-16-70-6)42(65)57-39(26(5)58)46(69)56-35(20-38(61)62)45(68)54-32/h7-8,11-12,21,24-26,30-35,39,48,58H,9-10,13-20,22-23,47H2,1-6H3,(H,49,59)(H,50,63)(H,51,60)(H,52,67)(H,53,64)(H,54,68)(H,55,66)(H,56,69)(H,57,65)(H,61,62)/t26-,30+,31+,32+,33+,34+,35+,39+/m1/s1. The molecule has 8 atom stereocenters. The van der Waals surface area contributed by atoms with Crippen LogP contribution in [0.5, 0.6) is 0 Å². The van der Waals surface area contributed by atoms with E-state index in [1.165, 1.54) is 11.8 Å². The van der Waals surface area contributed by atoms with Gasteiger partial charge in [0.1, 0.15) is 42.3 Å². The number of nitrogens with two attached hydrogens (primary N) is 1. The Kier molecular flexibility index (Phi) is 24.1. The zero-order valence-electron chi connectivity index (χ0n) is 40.6. The highest BCUT2D eigenvalue weighted by atomic mass is 32.2. The molecule has 1 fully saturated rings. The van der Waals surface area contributed by atoms with Crippen molar-refractivity contribution in [3.63, 3.8) is 0 Å². The third-order valence-corrected chi connectivity index (χ3v) is 11.8. The monoisotopic (exact) mass is 1000 g/mol. The number of hydrogen-bond donors (Lipinski definition) is 13. The predicted octanol–water partition coefficient (Wildman–Crippen LogP) is -1.82. The number of carboxylic acid groups (broad SMARTS) is 1. The average Bonchev–Trinajstić information content (AvgIpc) is 3.70. The molecule has 1 aromatic heterocycles. The van der Waals surface area contributed by atoms with Gasteiger partial charge in [-0.15, -0.1) is 0 Å². The minimum atomic E-state index is -1.83. The van der Waals surface area contributed by atoms with Gasteiger partial charge in [-0.2, -0.15) is 11.8 Å². The molecular weight excluding hydrogens is 931 g/mol. The van der Waals surface area contributed by atoms with Crippen molar-refractivity contribution in [2.45, 2.75) is 134 Å². The number of unbranched alkanes of at least 4 members (excludes halogenated alkanes) is 1. The largest absolute Gasteiger partial charge is 0.481 e. The van der Waals surface area contributed by atoms with Crippen molar-refractivity contribution in [3.05, 3.63) is 36.0 Å². The molecule has 1 aliphatic heterocycles. The van der Waals surface area contributed by atoms with E-state index in [1.54, 1.807) is 32.4 Å². The third kappa shape index (κ3) is 19.3. The van der Waals surface area contributed by atoms with Gasteiger partial charge in [0.15, 0.2) is 0 Å². The molecule has 14 N–H and O–H groups in total. The number of fused-ring (bicyclic) bond motifs is 1. The van der Waals surface area contributed by atoms with Gasteiger partial charge in [-0.1, -0.05) is 45.9 Å². The van der Waals surface area contributed by atoms with Gasteiger partial charge in [0.05, 0.1) is 25.6 Å². The lowest BCUT2D eigenvalue weighted by Crippen LogP contribution is -2.62.